The Morgan fingerprint density at radius 2 is 1.92 bits per heavy atom. The molecule has 1 atom stereocenters. The molecule has 1 heterocycles. The maximum absolute atomic E-state index is 12.2. The number of benzene rings is 2. The van der Waals surface area contributed by atoms with Crippen LogP contribution in [-0.4, -0.2) is 12.7 Å². The zero-order valence-corrected chi connectivity index (χ0v) is 14.4. The van der Waals surface area contributed by atoms with Gasteiger partial charge in [0.1, 0.15) is 0 Å². The fourth-order valence-corrected chi connectivity index (χ4v) is 2.95. The molecule has 0 aromatic heterocycles. The van der Waals surface area contributed by atoms with Crippen LogP contribution >= 0.6 is 0 Å². The summed E-state index contributed by atoms with van der Waals surface area (Å²) in [5, 5.41) is 3.05. The van der Waals surface area contributed by atoms with Gasteiger partial charge in [0.15, 0.2) is 11.5 Å². The lowest BCUT2D eigenvalue weighted by Gasteiger charge is -2.15. The molecule has 0 fully saturated rings. The monoisotopic (exact) mass is 325 g/mol. The zero-order valence-electron chi connectivity index (χ0n) is 14.4. The van der Waals surface area contributed by atoms with Crippen LogP contribution < -0.4 is 14.8 Å². The van der Waals surface area contributed by atoms with E-state index in [0.717, 1.165) is 23.5 Å². The van der Waals surface area contributed by atoms with Gasteiger partial charge >= 0.3 is 0 Å². The van der Waals surface area contributed by atoms with Crippen molar-refractivity contribution in [2.24, 2.45) is 0 Å². The highest BCUT2D eigenvalue weighted by Gasteiger charge is 2.16. The second-order valence-electron chi connectivity index (χ2n) is 6.33. The Morgan fingerprint density at radius 1 is 1.12 bits per heavy atom. The van der Waals surface area contributed by atoms with Gasteiger partial charge in [0.25, 0.3) is 0 Å². The van der Waals surface area contributed by atoms with Crippen molar-refractivity contribution in [3.8, 4) is 11.5 Å². The van der Waals surface area contributed by atoms with Crippen molar-refractivity contribution in [1.29, 1.82) is 0 Å². The average Bonchev–Trinajstić information content (AvgIpc) is 3.01. The summed E-state index contributed by atoms with van der Waals surface area (Å²) in [6.45, 7) is 6.41. The Hall–Kier alpha value is -2.49. The van der Waals surface area contributed by atoms with Gasteiger partial charge in [-0.15, -0.1) is 0 Å². The molecule has 1 N–H and O–H groups in total. The summed E-state index contributed by atoms with van der Waals surface area (Å²) in [6.07, 6.45) is 1.24. The van der Waals surface area contributed by atoms with Crippen LogP contribution in [0.25, 0.3) is 0 Å². The van der Waals surface area contributed by atoms with Crippen LogP contribution in [0.1, 0.15) is 41.6 Å². The topological polar surface area (TPSA) is 47.6 Å². The number of hydrogen-bond donors (Lipinski definition) is 1. The van der Waals surface area contributed by atoms with Crippen molar-refractivity contribution in [3.63, 3.8) is 0 Å². The fraction of sp³-hybridized carbons (Fsp3) is 0.350. The van der Waals surface area contributed by atoms with Crippen LogP contribution in [0.5, 0.6) is 11.5 Å². The van der Waals surface area contributed by atoms with Crippen molar-refractivity contribution < 1.29 is 14.3 Å². The fourth-order valence-electron chi connectivity index (χ4n) is 2.95. The molecular weight excluding hydrogens is 302 g/mol. The molecule has 1 aliphatic rings. The number of amides is 1. The molecule has 0 saturated heterocycles. The molecule has 0 radical (unpaired) electrons. The summed E-state index contributed by atoms with van der Waals surface area (Å²) in [4.78, 5) is 12.2. The van der Waals surface area contributed by atoms with Gasteiger partial charge < -0.3 is 14.8 Å². The molecule has 2 aromatic rings. The van der Waals surface area contributed by atoms with E-state index in [-0.39, 0.29) is 18.7 Å². The minimum atomic E-state index is -0.0638. The third kappa shape index (κ3) is 3.70. The van der Waals surface area contributed by atoms with Crippen LogP contribution in [0.4, 0.5) is 0 Å². The molecule has 0 aliphatic carbocycles. The predicted octanol–water partition coefficient (Wildman–Crippen LogP) is 3.84. The van der Waals surface area contributed by atoms with E-state index >= 15 is 0 Å². The first kappa shape index (κ1) is 16.4. The normalized spacial score (nSPS) is 13.6. The quantitative estimate of drug-likeness (QED) is 0.908. The Balaban J connectivity index is 1.56. The lowest BCUT2D eigenvalue weighted by Crippen LogP contribution is -2.26. The smallest absolute Gasteiger partial charge is 0.231 e. The maximum atomic E-state index is 12.2. The maximum Gasteiger partial charge on any atom is 0.231 e. The van der Waals surface area contributed by atoms with E-state index in [2.05, 4.69) is 37.4 Å². The Morgan fingerprint density at radius 3 is 2.71 bits per heavy atom. The molecule has 126 valence electrons. The van der Waals surface area contributed by atoms with Crippen LogP contribution in [0, 0.1) is 13.8 Å². The van der Waals surface area contributed by atoms with Crippen LogP contribution in [-0.2, 0) is 11.2 Å². The molecule has 1 unspecified atom stereocenters. The van der Waals surface area contributed by atoms with Gasteiger partial charge in [0, 0.05) is 6.42 Å². The third-order valence-corrected chi connectivity index (χ3v) is 4.39. The Bertz CT molecular complexity index is 755. The molecule has 0 spiro atoms. The lowest BCUT2D eigenvalue weighted by atomic mass is 10.0. The van der Waals surface area contributed by atoms with E-state index < -0.39 is 0 Å². The van der Waals surface area contributed by atoms with Gasteiger partial charge in [-0.3, -0.25) is 4.79 Å². The molecular formula is C20H23NO3. The van der Waals surface area contributed by atoms with E-state index in [4.69, 9.17) is 9.47 Å². The van der Waals surface area contributed by atoms with Gasteiger partial charge in [-0.25, -0.2) is 0 Å². The summed E-state index contributed by atoms with van der Waals surface area (Å²) in [5.74, 6) is 1.55. The summed E-state index contributed by atoms with van der Waals surface area (Å²) in [5.41, 5.74) is 4.73. The lowest BCUT2D eigenvalue weighted by molar-refractivity contribution is -0.121. The molecule has 2 aromatic carbocycles. The predicted molar refractivity (Wildman–Crippen MR) is 93.4 cm³/mol. The first-order valence-corrected chi connectivity index (χ1v) is 8.28. The van der Waals surface area contributed by atoms with Crippen LogP contribution in [0.2, 0.25) is 0 Å². The molecule has 4 heteroatoms. The number of nitrogens with one attached hydrogen (secondary N) is 1. The number of ether oxygens (including phenoxy) is 2. The van der Waals surface area contributed by atoms with E-state index in [1.165, 1.54) is 16.7 Å². The van der Waals surface area contributed by atoms with E-state index in [9.17, 15) is 4.79 Å². The second-order valence-corrected chi connectivity index (χ2v) is 6.33. The van der Waals surface area contributed by atoms with Crippen molar-refractivity contribution in [2.75, 3.05) is 6.79 Å². The van der Waals surface area contributed by atoms with Gasteiger partial charge in [0.05, 0.1) is 6.04 Å². The standard InChI is InChI=1S/C20H23NO3/c1-13-4-5-16(14(2)10-13)7-9-20(22)21-15(3)17-6-8-18-19(11-17)24-12-23-18/h4-6,8,10-11,15H,7,9,12H2,1-3H3,(H,21,22). The molecule has 4 nitrogen and oxygen atoms in total. The van der Waals surface area contributed by atoms with Gasteiger partial charge in [0.2, 0.25) is 12.7 Å². The largest absolute Gasteiger partial charge is 0.454 e. The van der Waals surface area contributed by atoms with Crippen molar-refractivity contribution in [3.05, 3.63) is 58.7 Å². The molecule has 1 amide bonds. The molecule has 1 aliphatic heterocycles. The number of aryl methyl sites for hydroxylation is 3. The second kappa shape index (κ2) is 6.95. The van der Waals surface area contributed by atoms with Gasteiger partial charge in [-0.2, -0.15) is 0 Å². The summed E-state index contributed by atoms with van der Waals surface area (Å²) >= 11 is 0. The first-order chi connectivity index (χ1) is 11.5. The van der Waals surface area contributed by atoms with Crippen molar-refractivity contribution >= 4 is 5.91 Å². The number of carbonyl (C=O) groups excluding carboxylic acids is 1. The summed E-state index contributed by atoms with van der Waals surface area (Å²) in [7, 11) is 0. The van der Waals surface area contributed by atoms with Crippen molar-refractivity contribution in [2.45, 2.75) is 39.7 Å². The third-order valence-electron chi connectivity index (χ3n) is 4.39. The highest BCUT2D eigenvalue weighted by atomic mass is 16.7. The number of carbonyl (C=O) groups is 1. The van der Waals surface area contributed by atoms with Gasteiger partial charge in [-0.05, 0) is 56.0 Å². The summed E-state index contributed by atoms with van der Waals surface area (Å²) < 4.78 is 10.7. The van der Waals surface area contributed by atoms with Crippen LogP contribution in [0.15, 0.2) is 36.4 Å². The highest BCUT2D eigenvalue weighted by Crippen LogP contribution is 2.34. The number of rotatable bonds is 5. The van der Waals surface area contributed by atoms with E-state index in [1.54, 1.807) is 0 Å². The average molecular weight is 325 g/mol. The Kier molecular flexibility index (Phi) is 4.74. The molecule has 0 saturated carbocycles. The Labute approximate surface area is 142 Å². The SMILES string of the molecule is Cc1ccc(CCC(=O)NC(C)c2ccc3c(c2)OCO3)c(C)c1. The highest BCUT2D eigenvalue weighted by molar-refractivity contribution is 5.76. The van der Waals surface area contributed by atoms with Crippen molar-refractivity contribution in [1.82, 2.24) is 5.32 Å². The number of hydrogen-bond acceptors (Lipinski definition) is 3. The van der Waals surface area contributed by atoms with Crippen LogP contribution in [0.3, 0.4) is 0 Å². The first-order valence-electron chi connectivity index (χ1n) is 8.28. The molecule has 24 heavy (non-hydrogen) atoms. The minimum absolute atomic E-state index is 0.0557. The number of fused-ring (bicyclic) bond motifs is 1. The van der Waals surface area contributed by atoms with E-state index in [0.29, 0.717) is 6.42 Å². The minimum Gasteiger partial charge on any atom is -0.454 e. The zero-order chi connectivity index (χ0) is 17.1. The van der Waals surface area contributed by atoms with Gasteiger partial charge in [-0.1, -0.05) is 29.8 Å². The summed E-state index contributed by atoms with van der Waals surface area (Å²) in [6, 6.07) is 12.1. The molecule has 3 rings (SSSR count). The van der Waals surface area contributed by atoms with E-state index in [1.807, 2.05) is 25.1 Å². The molecule has 0 bridgehead atoms.